The Labute approximate surface area is 102 Å². The fraction of sp³-hybridized carbons (Fsp3) is 0.214. The normalized spacial score (nSPS) is 10.2. The van der Waals surface area contributed by atoms with Gasteiger partial charge in [0.25, 0.3) is 0 Å². The zero-order valence-electron chi connectivity index (χ0n) is 10.2. The molecule has 3 heteroatoms. The molecule has 0 amide bonds. The summed E-state index contributed by atoms with van der Waals surface area (Å²) < 4.78 is 0. The maximum atomic E-state index is 5.98. The second-order valence-corrected chi connectivity index (χ2v) is 4.24. The maximum Gasteiger partial charge on any atom is 0.0603 e. The first-order chi connectivity index (χ1) is 8.16. The molecule has 1 aromatic heterocycles. The van der Waals surface area contributed by atoms with E-state index in [4.69, 9.17) is 5.73 Å². The van der Waals surface area contributed by atoms with E-state index in [0.717, 1.165) is 23.6 Å². The van der Waals surface area contributed by atoms with E-state index in [9.17, 15) is 0 Å². The first-order valence-corrected chi connectivity index (χ1v) is 5.64. The van der Waals surface area contributed by atoms with Crippen molar-refractivity contribution in [2.45, 2.75) is 13.5 Å². The zero-order valence-corrected chi connectivity index (χ0v) is 10.2. The van der Waals surface area contributed by atoms with Gasteiger partial charge in [0.15, 0.2) is 0 Å². The molecule has 0 spiro atoms. The van der Waals surface area contributed by atoms with Crippen LogP contribution in [0.15, 0.2) is 42.6 Å². The largest absolute Gasteiger partial charge is 0.397 e. The first-order valence-electron chi connectivity index (χ1n) is 5.64. The molecule has 0 saturated carbocycles. The molecule has 0 atom stereocenters. The number of nitrogens with two attached hydrogens (primary N) is 1. The van der Waals surface area contributed by atoms with Gasteiger partial charge in [-0.15, -0.1) is 0 Å². The predicted molar refractivity (Wildman–Crippen MR) is 71.9 cm³/mol. The molecular formula is C14H17N3. The number of nitrogens with zero attached hydrogens (tertiary/aromatic N) is 2. The quantitative estimate of drug-likeness (QED) is 0.819. The lowest BCUT2D eigenvalue weighted by Gasteiger charge is -2.21. The summed E-state index contributed by atoms with van der Waals surface area (Å²) in [7, 11) is 2.03. The van der Waals surface area contributed by atoms with Gasteiger partial charge in [0.2, 0.25) is 0 Å². The highest BCUT2D eigenvalue weighted by molar-refractivity contribution is 5.68. The molecule has 0 fully saturated rings. The summed E-state index contributed by atoms with van der Waals surface area (Å²) in [6.45, 7) is 2.83. The molecule has 2 N–H and O–H groups in total. The fourth-order valence-electron chi connectivity index (χ4n) is 1.80. The predicted octanol–water partition coefficient (Wildman–Crippen LogP) is 2.61. The summed E-state index contributed by atoms with van der Waals surface area (Å²) in [4.78, 5) is 6.43. The molecule has 3 nitrogen and oxygen atoms in total. The van der Waals surface area contributed by atoms with Crippen LogP contribution in [0.25, 0.3) is 0 Å². The number of pyridine rings is 1. The molecule has 2 rings (SSSR count). The summed E-state index contributed by atoms with van der Waals surface area (Å²) in [5.74, 6) is 0. The van der Waals surface area contributed by atoms with Crippen LogP contribution in [-0.4, -0.2) is 12.0 Å². The van der Waals surface area contributed by atoms with Crippen LogP contribution in [0.3, 0.4) is 0 Å². The van der Waals surface area contributed by atoms with Crippen LogP contribution in [-0.2, 0) is 6.54 Å². The Balaban J connectivity index is 2.20. The number of hydrogen-bond donors (Lipinski definition) is 1. The van der Waals surface area contributed by atoms with Gasteiger partial charge in [0.05, 0.1) is 23.6 Å². The Hall–Kier alpha value is -2.03. The molecule has 0 unspecified atom stereocenters. The number of aryl methyl sites for hydroxylation is 1. The van der Waals surface area contributed by atoms with Crippen LogP contribution >= 0.6 is 0 Å². The van der Waals surface area contributed by atoms with Gasteiger partial charge in [-0.05, 0) is 36.8 Å². The third-order valence-corrected chi connectivity index (χ3v) is 2.72. The number of aromatic nitrogens is 1. The molecule has 17 heavy (non-hydrogen) atoms. The smallest absolute Gasteiger partial charge is 0.0603 e. The van der Waals surface area contributed by atoms with E-state index in [0.29, 0.717) is 0 Å². The lowest BCUT2D eigenvalue weighted by Crippen LogP contribution is -2.18. The minimum atomic E-state index is 0.758. The van der Waals surface area contributed by atoms with Crippen LogP contribution < -0.4 is 10.6 Å². The molecule has 0 aliphatic heterocycles. The number of benzene rings is 1. The fourth-order valence-corrected chi connectivity index (χ4v) is 1.80. The number of anilines is 2. The molecule has 0 bridgehead atoms. The molecule has 88 valence electrons. The van der Waals surface area contributed by atoms with E-state index in [2.05, 4.69) is 22.9 Å². The van der Waals surface area contributed by atoms with Gasteiger partial charge in [0, 0.05) is 13.2 Å². The molecule has 0 radical (unpaired) electrons. The standard InChI is InChI=1S/C14H17N3/c1-11-6-7-13(15)14(9-11)17(2)10-12-5-3-4-8-16-12/h3-9H,10,15H2,1-2H3. The second-order valence-electron chi connectivity index (χ2n) is 4.24. The average Bonchev–Trinajstić information content (AvgIpc) is 2.33. The van der Waals surface area contributed by atoms with Crippen LogP contribution in [0.5, 0.6) is 0 Å². The van der Waals surface area contributed by atoms with Crippen molar-refractivity contribution < 1.29 is 0 Å². The summed E-state index contributed by atoms with van der Waals surface area (Å²) in [5, 5.41) is 0. The number of rotatable bonds is 3. The number of nitrogen functional groups attached to an aromatic ring is 1. The molecule has 1 aromatic carbocycles. The lowest BCUT2D eigenvalue weighted by atomic mass is 10.1. The first kappa shape index (κ1) is 11.5. The van der Waals surface area contributed by atoms with Crippen LogP contribution in [0, 0.1) is 6.92 Å². The third kappa shape index (κ3) is 2.75. The van der Waals surface area contributed by atoms with Crippen LogP contribution in [0.2, 0.25) is 0 Å². The molecule has 0 saturated heterocycles. The van der Waals surface area contributed by atoms with E-state index in [-0.39, 0.29) is 0 Å². The maximum absolute atomic E-state index is 5.98. The Bertz CT molecular complexity index is 494. The van der Waals surface area contributed by atoms with Crippen molar-refractivity contribution in [3.63, 3.8) is 0 Å². The van der Waals surface area contributed by atoms with Gasteiger partial charge in [-0.2, -0.15) is 0 Å². The van der Waals surface area contributed by atoms with Crippen molar-refractivity contribution in [1.82, 2.24) is 4.98 Å². The van der Waals surface area contributed by atoms with Gasteiger partial charge in [-0.25, -0.2) is 0 Å². The van der Waals surface area contributed by atoms with Crippen molar-refractivity contribution >= 4 is 11.4 Å². The highest BCUT2D eigenvalue weighted by Crippen LogP contribution is 2.24. The molecule has 2 aromatic rings. The highest BCUT2D eigenvalue weighted by atomic mass is 15.1. The van der Waals surface area contributed by atoms with E-state index >= 15 is 0 Å². The van der Waals surface area contributed by atoms with E-state index in [1.165, 1.54) is 5.56 Å². The number of hydrogen-bond acceptors (Lipinski definition) is 3. The summed E-state index contributed by atoms with van der Waals surface area (Å²) in [6, 6.07) is 12.0. The molecule has 1 heterocycles. The molecular weight excluding hydrogens is 210 g/mol. The van der Waals surface area contributed by atoms with E-state index in [1.807, 2.05) is 43.6 Å². The monoisotopic (exact) mass is 227 g/mol. The average molecular weight is 227 g/mol. The Kier molecular flexibility index (Phi) is 3.28. The highest BCUT2D eigenvalue weighted by Gasteiger charge is 2.06. The van der Waals surface area contributed by atoms with Crippen molar-refractivity contribution in [2.24, 2.45) is 0 Å². The molecule has 0 aliphatic carbocycles. The minimum Gasteiger partial charge on any atom is -0.397 e. The Morgan fingerprint density at radius 3 is 2.76 bits per heavy atom. The summed E-state index contributed by atoms with van der Waals surface area (Å²) >= 11 is 0. The van der Waals surface area contributed by atoms with Crippen molar-refractivity contribution in [3.8, 4) is 0 Å². The van der Waals surface area contributed by atoms with E-state index < -0.39 is 0 Å². The van der Waals surface area contributed by atoms with Crippen molar-refractivity contribution in [2.75, 3.05) is 17.7 Å². The third-order valence-electron chi connectivity index (χ3n) is 2.72. The molecule has 0 aliphatic rings. The summed E-state index contributed by atoms with van der Waals surface area (Å²) in [5.41, 5.74) is 10.1. The van der Waals surface area contributed by atoms with Gasteiger partial charge < -0.3 is 10.6 Å². The van der Waals surface area contributed by atoms with Crippen molar-refractivity contribution in [1.29, 1.82) is 0 Å². The Morgan fingerprint density at radius 1 is 1.24 bits per heavy atom. The van der Waals surface area contributed by atoms with Crippen LogP contribution in [0.4, 0.5) is 11.4 Å². The van der Waals surface area contributed by atoms with Gasteiger partial charge in [-0.3, -0.25) is 4.98 Å². The van der Waals surface area contributed by atoms with Gasteiger partial charge in [0.1, 0.15) is 0 Å². The zero-order chi connectivity index (χ0) is 12.3. The topological polar surface area (TPSA) is 42.1 Å². The second kappa shape index (κ2) is 4.87. The Morgan fingerprint density at radius 2 is 2.06 bits per heavy atom. The SMILES string of the molecule is Cc1ccc(N)c(N(C)Cc2ccccn2)c1. The van der Waals surface area contributed by atoms with E-state index in [1.54, 1.807) is 0 Å². The van der Waals surface area contributed by atoms with Crippen molar-refractivity contribution in [3.05, 3.63) is 53.9 Å². The minimum absolute atomic E-state index is 0.758. The van der Waals surface area contributed by atoms with Crippen LogP contribution in [0.1, 0.15) is 11.3 Å². The van der Waals surface area contributed by atoms with Gasteiger partial charge >= 0.3 is 0 Å². The summed E-state index contributed by atoms with van der Waals surface area (Å²) in [6.07, 6.45) is 1.81. The van der Waals surface area contributed by atoms with Gasteiger partial charge in [-0.1, -0.05) is 12.1 Å². The lowest BCUT2D eigenvalue weighted by molar-refractivity contribution is 0.886.